The smallest absolute Gasteiger partial charge is 0.0678 e. The van der Waals surface area contributed by atoms with Crippen molar-refractivity contribution in [3.05, 3.63) is 18.0 Å². The number of hydrogen-bond acceptors (Lipinski definition) is 2. The van der Waals surface area contributed by atoms with E-state index in [9.17, 15) is 0 Å². The fourth-order valence-corrected chi connectivity index (χ4v) is 3.03. The lowest BCUT2D eigenvalue weighted by molar-refractivity contribution is 0.0950. The molecule has 2 unspecified atom stereocenters. The van der Waals surface area contributed by atoms with Crippen molar-refractivity contribution in [2.45, 2.75) is 37.8 Å². The predicted molar refractivity (Wildman–Crippen MR) is 55.2 cm³/mol. The average Bonchev–Trinajstić information content (AvgIpc) is 2.66. The van der Waals surface area contributed by atoms with Crippen LogP contribution in [0.3, 0.4) is 0 Å². The number of nitrogens with zero attached hydrogens (tertiary/aromatic N) is 3. The van der Waals surface area contributed by atoms with Gasteiger partial charge < -0.3 is 4.90 Å². The standard InChI is InChI=1S/C11H17N3/c1-13-8-2-3-11-10(13)5-4-9-6-7-12-14(9)11/h6-7,10-11H,2-5,8H2,1H3. The van der Waals surface area contributed by atoms with E-state index in [1.807, 2.05) is 6.20 Å². The molecule has 0 aliphatic carbocycles. The normalized spacial score (nSPS) is 32.4. The van der Waals surface area contributed by atoms with Gasteiger partial charge in [-0.2, -0.15) is 5.10 Å². The number of aryl methyl sites for hydroxylation is 1. The summed E-state index contributed by atoms with van der Waals surface area (Å²) >= 11 is 0. The maximum absolute atomic E-state index is 4.47. The van der Waals surface area contributed by atoms with Gasteiger partial charge in [-0.05, 0) is 45.3 Å². The number of fused-ring (bicyclic) bond motifs is 3. The molecule has 3 nitrogen and oxygen atoms in total. The maximum atomic E-state index is 4.47. The predicted octanol–water partition coefficient (Wildman–Crippen LogP) is 1.46. The molecule has 0 amide bonds. The van der Waals surface area contributed by atoms with Gasteiger partial charge in [0, 0.05) is 17.9 Å². The minimum Gasteiger partial charge on any atom is -0.301 e. The number of rotatable bonds is 0. The molecular weight excluding hydrogens is 174 g/mol. The Morgan fingerprint density at radius 3 is 3.21 bits per heavy atom. The lowest BCUT2D eigenvalue weighted by atomic mass is 9.89. The van der Waals surface area contributed by atoms with Crippen LogP contribution in [0.25, 0.3) is 0 Å². The molecule has 14 heavy (non-hydrogen) atoms. The SMILES string of the molecule is CN1CCCC2C1CCc1ccnn12. The number of piperidine rings is 1. The first-order valence-electron chi connectivity index (χ1n) is 5.59. The highest BCUT2D eigenvalue weighted by Crippen LogP contribution is 2.34. The van der Waals surface area contributed by atoms with Gasteiger partial charge in [0.1, 0.15) is 0 Å². The van der Waals surface area contributed by atoms with Crippen LogP contribution in [0.5, 0.6) is 0 Å². The van der Waals surface area contributed by atoms with E-state index in [-0.39, 0.29) is 0 Å². The van der Waals surface area contributed by atoms with E-state index in [1.165, 1.54) is 37.9 Å². The molecule has 3 heteroatoms. The molecule has 0 saturated carbocycles. The Hall–Kier alpha value is -0.830. The first-order chi connectivity index (χ1) is 6.86. The van der Waals surface area contributed by atoms with Crippen molar-refractivity contribution in [2.24, 2.45) is 0 Å². The monoisotopic (exact) mass is 191 g/mol. The zero-order chi connectivity index (χ0) is 9.54. The summed E-state index contributed by atoms with van der Waals surface area (Å²) in [6, 6.07) is 3.55. The third-order valence-electron chi connectivity index (χ3n) is 3.78. The summed E-state index contributed by atoms with van der Waals surface area (Å²) in [5.41, 5.74) is 1.43. The van der Waals surface area contributed by atoms with E-state index in [0.29, 0.717) is 6.04 Å². The topological polar surface area (TPSA) is 21.1 Å². The van der Waals surface area contributed by atoms with Gasteiger partial charge in [-0.1, -0.05) is 0 Å². The molecule has 1 saturated heterocycles. The molecule has 3 heterocycles. The third kappa shape index (κ3) is 1.12. The van der Waals surface area contributed by atoms with Gasteiger partial charge >= 0.3 is 0 Å². The summed E-state index contributed by atoms with van der Waals surface area (Å²) in [6.07, 6.45) is 7.09. The van der Waals surface area contributed by atoms with Crippen LogP contribution >= 0.6 is 0 Å². The highest BCUT2D eigenvalue weighted by molar-refractivity contribution is 5.08. The van der Waals surface area contributed by atoms with Crippen LogP contribution in [0, 0.1) is 0 Å². The first-order valence-corrected chi connectivity index (χ1v) is 5.59. The number of likely N-dealkylation sites (N-methyl/N-ethyl adjacent to an activating group) is 1. The van der Waals surface area contributed by atoms with Crippen molar-refractivity contribution in [3.63, 3.8) is 0 Å². The lowest BCUT2D eigenvalue weighted by Gasteiger charge is -2.42. The van der Waals surface area contributed by atoms with Crippen LogP contribution in [0.1, 0.15) is 31.0 Å². The number of hydrogen-bond donors (Lipinski definition) is 0. The van der Waals surface area contributed by atoms with Crippen LogP contribution in [-0.2, 0) is 6.42 Å². The van der Waals surface area contributed by atoms with Crippen molar-refractivity contribution in [2.75, 3.05) is 13.6 Å². The minimum absolute atomic E-state index is 0.646. The van der Waals surface area contributed by atoms with Crippen molar-refractivity contribution >= 4 is 0 Å². The minimum atomic E-state index is 0.646. The van der Waals surface area contributed by atoms with E-state index in [0.717, 1.165) is 6.04 Å². The molecule has 0 radical (unpaired) electrons. The molecule has 76 valence electrons. The molecule has 2 aliphatic heterocycles. The molecule has 0 bridgehead atoms. The van der Waals surface area contributed by atoms with Crippen LogP contribution in [0.15, 0.2) is 12.3 Å². The Kier molecular flexibility index (Phi) is 1.87. The van der Waals surface area contributed by atoms with Crippen LogP contribution in [0.2, 0.25) is 0 Å². The van der Waals surface area contributed by atoms with Crippen molar-refractivity contribution in [1.29, 1.82) is 0 Å². The van der Waals surface area contributed by atoms with E-state index in [4.69, 9.17) is 0 Å². The van der Waals surface area contributed by atoms with Gasteiger partial charge in [-0.25, -0.2) is 0 Å². The average molecular weight is 191 g/mol. The van der Waals surface area contributed by atoms with E-state index < -0.39 is 0 Å². The highest BCUT2D eigenvalue weighted by atomic mass is 15.3. The second-order valence-electron chi connectivity index (χ2n) is 4.56. The third-order valence-corrected chi connectivity index (χ3v) is 3.78. The molecule has 2 atom stereocenters. The largest absolute Gasteiger partial charge is 0.301 e. The zero-order valence-corrected chi connectivity index (χ0v) is 8.69. The van der Waals surface area contributed by atoms with Gasteiger partial charge in [-0.15, -0.1) is 0 Å². The number of aromatic nitrogens is 2. The Morgan fingerprint density at radius 1 is 1.36 bits per heavy atom. The van der Waals surface area contributed by atoms with Gasteiger partial charge in [0.2, 0.25) is 0 Å². The number of likely N-dealkylation sites (tertiary alicyclic amines) is 1. The molecule has 1 aromatic rings. The highest BCUT2D eigenvalue weighted by Gasteiger charge is 2.34. The zero-order valence-electron chi connectivity index (χ0n) is 8.69. The van der Waals surface area contributed by atoms with Crippen LogP contribution in [-0.4, -0.2) is 34.3 Å². The van der Waals surface area contributed by atoms with Crippen molar-refractivity contribution in [3.8, 4) is 0 Å². The van der Waals surface area contributed by atoms with E-state index in [2.05, 4.69) is 27.8 Å². The Bertz CT molecular complexity index is 331. The summed E-state index contributed by atoms with van der Waals surface area (Å²) in [7, 11) is 2.26. The molecule has 2 aliphatic rings. The maximum Gasteiger partial charge on any atom is 0.0678 e. The summed E-state index contributed by atoms with van der Waals surface area (Å²) in [6.45, 7) is 1.26. The van der Waals surface area contributed by atoms with Gasteiger partial charge in [0.05, 0.1) is 6.04 Å². The van der Waals surface area contributed by atoms with E-state index >= 15 is 0 Å². The second kappa shape index (κ2) is 3.09. The molecule has 1 aromatic heterocycles. The summed E-state index contributed by atoms with van der Waals surface area (Å²) in [4.78, 5) is 2.51. The Morgan fingerprint density at radius 2 is 2.29 bits per heavy atom. The molecule has 3 rings (SSSR count). The lowest BCUT2D eigenvalue weighted by Crippen LogP contribution is -2.46. The molecule has 0 aromatic carbocycles. The fraction of sp³-hybridized carbons (Fsp3) is 0.727. The Balaban J connectivity index is 1.96. The van der Waals surface area contributed by atoms with E-state index in [1.54, 1.807) is 0 Å². The Labute approximate surface area is 84.7 Å². The first kappa shape index (κ1) is 8.48. The summed E-state index contributed by atoms with van der Waals surface area (Å²) in [5.74, 6) is 0. The second-order valence-corrected chi connectivity index (χ2v) is 4.56. The van der Waals surface area contributed by atoms with Crippen LogP contribution in [0.4, 0.5) is 0 Å². The van der Waals surface area contributed by atoms with Gasteiger partial charge in [0.25, 0.3) is 0 Å². The van der Waals surface area contributed by atoms with Crippen molar-refractivity contribution in [1.82, 2.24) is 14.7 Å². The molecule has 1 fully saturated rings. The summed E-state index contributed by atoms with van der Waals surface area (Å²) < 4.78 is 2.27. The molecular formula is C11H17N3. The molecule has 0 N–H and O–H groups in total. The summed E-state index contributed by atoms with van der Waals surface area (Å²) in [5, 5.41) is 4.47. The van der Waals surface area contributed by atoms with Gasteiger partial charge in [0.15, 0.2) is 0 Å². The quantitative estimate of drug-likeness (QED) is 0.619. The molecule has 0 spiro atoms. The van der Waals surface area contributed by atoms with Crippen LogP contribution < -0.4 is 0 Å². The fourth-order valence-electron chi connectivity index (χ4n) is 3.03. The van der Waals surface area contributed by atoms with Crippen molar-refractivity contribution < 1.29 is 0 Å². The van der Waals surface area contributed by atoms with Gasteiger partial charge in [-0.3, -0.25) is 4.68 Å².